The van der Waals surface area contributed by atoms with E-state index >= 15 is 0 Å². The lowest BCUT2D eigenvalue weighted by Crippen LogP contribution is -2.22. The first-order valence-corrected chi connectivity index (χ1v) is 6.77. The van der Waals surface area contributed by atoms with Crippen molar-refractivity contribution in [2.45, 2.75) is 6.54 Å². The number of aliphatic imine (C=N–C) groups is 1. The van der Waals surface area contributed by atoms with Gasteiger partial charge in [0.15, 0.2) is 11.1 Å². The summed E-state index contributed by atoms with van der Waals surface area (Å²) >= 11 is 1.60. The highest BCUT2D eigenvalue weighted by molar-refractivity contribution is 7.13. The van der Waals surface area contributed by atoms with Crippen LogP contribution in [0, 0.1) is 0 Å². The van der Waals surface area contributed by atoms with Crippen molar-refractivity contribution in [3.05, 3.63) is 41.4 Å². The van der Waals surface area contributed by atoms with Crippen LogP contribution < -0.4 is 16.0 Å². The number of hydrogen-bond acceptors (Lipinski definition) is 4. The fourth-order valence-corrected chi connectivity index (χ4v) is 2.20. The second-order valence-corrected chi connectivity index (χ2v) is 5.04. The Balaban J connectivity index is 1.94. The number of guanidine groups is 1. The quantitative estimate of drug-likeness (QED) is 0.662. The van der Waals surface area contributed by atoms with Crippen molar-refractivity contribution in [1.82, 2.24) is 4.98 Å². The van der Waals surface area contributed by atoms with E-state index in [1.165, 1.54) is 0 Å². The van der Waals surface area contributed by atoms with Crippen LogP contribution in [0.1, 0.15) is 5.69 Å². The first-order valence-electron chi connectivity index (χ1n) is 5.89. The lowest BCUT2D eigenvalue weighted by atomic mass is 10.3. The molecule has 0 bridgehead atoms. The molecule has 3 N–H and O–H groups in total. The number of para-hydroxylation sites is 1. The molecule has 6 heteroatoms. The van der Waals surface area contributed by atoms with Crippen molar-refractivity contribution in [3.63, 3.8) is 0 Å². The summed E-state index contributed by atoms with van der Waals surface area (Å²) in [4.78, 5) is 10.7. The largest absolute Gasteiger partial charge is 0.370 e. The number of nitrogens with one attached hydrogen (secondary N) is 1. The molecule has 0 aliphatic heterocycles. The van der Waals surface area contributed by atoms with E-state index in [4.69, 9.17) is 5.73 Å². The number of nitrogens with zero attached hydrogens (tertiary/aromatic N) is 3. The average molecular weight is 275 g/mol. The van der Waals surface area contributed by atoms with Gasteiger partial charge in [-0.1, -0.05) is 18.2 Å². The molecule has 0 radical (unpaired) electrons. The lowest BCUT2D eigenvalue weighted by Gasteiger charge is -2.05. The third kappa shape index (κ3) is 3.96. The molecule has 2 aromatic rings. The van der Waals surface area contributed by atoms with E-state index in [0.29, 0.717) is 12.5 Å². The first kappa shape index (κ1) is 13.4. The number of aromatic nitrogens is 1. The molecule has 0 unspecified atom stereocenters. The maximum absolute atomic E-state index is 5.82. The molecular formula is C13H17N5S. The van der Waals surface area contributed by atoms with E-state index in [9.17, 15) is 0 Å². The minimum Gasteiger partial charge on any atom is -0.370 e. The zero-order chi connectivity index (χ0) is 13.7. The molecule has 0 amide bonds. The molecule has 0 saturated carbocycles. The molecule has 0 aliphatic carbocycles. The molecule has 1 heterocycles. The van der Waals surface area contributed by atoms with Crippen LogP contribution in [0.2, 0.25) is 0 Å². The molecule has 1 aromatic heterocycles. The second-order valence-electron chi connectivity index (χ2n) is 4.21. The van der Waals surface area contributed by atoms with Crippen LogP contribution in [0.4, 0.5) is 10.8 Å². The number of benzene rings is 1. The van der Waals surface area contributed by atoms with Crippen molar-refractivity contribution in [2.24, 2.45) is 10.7 Å². The van der Waals surface area contributed by atoms with E-state index in [1.54, 1.807) is 11.3 Å². The normalized spacial score (nSPS) is 11.4. The third-order valence-corrected chi connectivity index (χ3v) is 3.44. The van der Waals surface area contributed by atoms with Crippen LogP contribution >= 0.6 is 11.3 Å². The topological polar surface area (TPSA) is 66.5 Å². The molecule has 2 rings (SSSR count). The highest BCUT2D eigenvalue weighted by atomic mass is 32.1. The van der Waals surface area contributed by atoms with Gasteiger partial charge in [0.1, 0.15) is 0 Å². The molecule has 0 atom stereocenters. The van der Waals surface area contributed by atoms with E-state index in [1.807, 2.05) is 54.7 Å². The summed E-state index contributed by atoms with van der Waals surface area (Å²) in [5, 5.41) is 6.00. The van der Waals surface area contributed by atoms with Gasteiger partial charge in [-0.2, -0.15) is 0 Å². The monoisotopic (exact) mass is 275 g/mol. The van der Waals surface area contributed by atoms with Gasteiger partial charge in [0, 0.05) is 25.2 Å². The number of hydrogen-bond donors (Lipinski definition) is 2. The summed E-state index contributed by atoms with van der Waals surface area (Å²) in [6, 6.07) is 9.72. The average Bonchev–Trinajstić information content (AvgIpc) is 2.86. The van der Waals surface area contributed by atoms with Crippen molar-refractivity contribution >= 4 is 28.1 Å². The number of anilines is 2. The van der Waals surface area contributed by atoms with Gasteiger partial charge in [-0.05, 0) is 12.1 Å². The molecular weight excluding hydrogens is 258 g/mol. The second kappa shape index (κ2) is 6.19. The Bertz CT molecular complexity index is 547. The highest BCUT2D eigenvalue weighted by Crippen LogP contribution is 2.18. The van der Waals surface area contributed by atoms with Crippen LogP contribution in [0.15, 0.2) is 40.7 Å². The standard InChI is InChI=1S/C13H17N5S/c1-18(2)13-17-11(9-19-13)8-15-12(14)16-10-6-4-3-5-7-10/h3-7,9H,8H2,1-2H3,(H3,14,15,16). The summed E-state index contributed by atoms with van der Waals surface area (Å²) in [5.41, 5.74) is 7.67. The van der Waals surface area contributed by atoms with Gasteiger partial charge in [0.25, 0.3) is 0 Å². The summed E-state index contributed by atoms with van der Waals surface area (Å²) in [5.74, 6) is 0.394. The van der Waals surface area contributed by atoms with Gasteiger partial charge in [-0.15, -0.1) is 11.3 Å². The van der Waals surface area contributed by atoms with Crippen LogP contribution in [-0.2, 0) is 6.54 Å². The summed E-state index contributed by atoms with van der Waals surface area (Å²) in [6.07, 6.45) is 0. The van der Waals surface area contributed by atoms with Gasteiger partial charge in [-0.3, -0.25) is 0 Å². The predicted molar refractivity (Wildman–Crippen MR) is 81.8 cm³/mol. The van der Waals surface area contributed by atoms with E-state index in [-0.39, 0.29) is 0 Å². The Kier molecular flexibility index (Phi) is 4.35. The molecule has 0 spiro atoms. The maximum atomic E-state index is 5.82. The maximum Gasteiger partial charge on any atom is 0.193 e. The first-order chi connectivity index (χ1) is 9.15. The number of rotatable bonds is 4. The van der Waals surface area contributed by atoms with Crippen LogP contribution in [0.5, 0.6) is 0 Å². The van der Waals surface area contributed by atoms with Crippen LogP contribution in [-0.4, -0.2) is 25.0 Å². The van der Waals surface area contributed by atoms with Crippen molar-refractivity contribution in [1.29, 1.82) is 0 Å². The Morgan fingerprint density at radius 2 is 2.11 bits per heavy atom. The molecule has 5 nitrogen and oxygen atoms in total. The molecule has 100 valence electrons. The van der Waals surface area contributed by atoms with Gasteiger partial charge in [-0.25, -0.2) is 9.98 Å². The van der Waals surface area contributed by atoms with Crippen molar-refractivity contribution in [2.75, 3.05) is 24.3 Å². The molecule has 0 fully saturated rings. The molecule has 0 saturated heterocycles. The Hall–Kier alpha value is -2.08. The Morgan fingerprint density at radius 3 is 2.74 bits per heavy atom. The fourth-order valence-electron chi connectivity index (χ4n) is 1.45. The summed E-state index contributed by atoms with van der Waals surface area (Å²) < 4.78 is 0. The van der Waals surface area contributed by atoms with Gasteiger partial charge >= 0.3 is 0 Å². The zero-order valence-electron chi connectivity index (χ0n) is 11.0. The number of thiazole rings is 1. The fraction of sp³-hybridized carbons (Fsp3) is 0.231. The van der Waals surface area contributed by atoms with Gasteiger partial charge in [0.2, 0.25) is 0 Å². The SMILES string of the molecule is CN(C)c1nc(CN=C(N)Nc2ccccc2)cs1. The Morgan fingerprint density at radius 1 is 1.37 bits per heavy atom. The zero-order valence-corrected chi connectivity index (χ0v) is 11.8. The van der Waals surface area contributed by atoms with E-state index in [2.05, 4.69) is 15.3 Å². The highest BCUT2D eigenvalue weighted by Gasteiger charge is 2.03. The minimum atomic E-state index is 0.394. The smallest absolute Gasteiger partial charge is 0.193 e. The lowest BCUT2D eigenvalue weighted by molar-refractivity contribution is 0.986. The van der Waals surface area contributed by atoms with Crippen molar-refractivity contribution in [3.8, 4) is 0 Å². The predicted octanol–water partition coefficient (Wildman–Crippen LogP) is 2.14. The molecule has 0 aliphatic rings. The summed E-state index contributed by atoms with van der Waals surface area (Å²) in [6.45, 7) is 0.482. The van der Waals surface area contributed by atoms with Crippen LogP contribution in [0.3, 0.4) is 0 Å². The van der Waals surface area contributed by atoms with E-state index < -0.39 is 0 Å². The third-order valence-electron chi connectivity index (χ3n) is 2.38. The van der Waals surface area contributed by atoms with Gasteiger partial charge < -0.3 is 16.0 Å². The van der Waals surface area contributed by atoms with Gasteiger partial charge in [0.05, 0.1) is 12.2 Å². The number of nitrogens with two attached hydrogens (primary N) is 1. The molecule has 19 heavy (non-hydrogen) atoms. The van der Waals surface area contributed by atoms with E-state index in [0.717, 1.165) is 16.5 Å². The summed E-state index contributed by atoms with van der Waals surface area (Å²) in [7, 11) is 3.94. The van der Waals surface area contributed by atoms with Crippen molar-refractivity contribution < 1.29 is 0 Å². The van der Waals surface area contributed by atoms with Crippen LogP contribution in [0.25, 0.3) is 0 Å². The Labute approximate surface area is 116 Å². The minimum absolute atomic E-state index is 0.394. The molecule has 1 aromatic carbocycles.